The van der Waals surface area contributed by atoms with Crippen LogP contribution in [0, 0.1) is 0 Å². The zero-order chi connectivity index (χ0) is 21.1. The third-order valence-electron chi connectivity index (χ3n) is 5.44. The van der Waals surface area contributed by atoms with E-state index >= 15 is 0 Å². The van der Waals surface area contributed by atoms with E-state index in [-0.39, 0.29) is 24.4 Å². The van der Waals surface area contributed by atoms with E-state index in [0.29, 0.717) is 17.7 Å². The number of imide groups is 1. The van der Waals surface area contributed by atoms with Gasteiger partial charge in [-0.25, -0.2) is 0 Å². The summed E-state index contributed by atoms with van der Waals surface area (Å²) in [4.78, 5) is 28.4. The summed E-state index contributed by atoms with van der Waals surface area (Å²) in [6.45, 7) is 0.273. The molecule has 1 N–H and O–H groups in total. The van der Waals surface area contributed by atoms with Crippen LogP contribution in [0.4, 0.5) is 0 Å². The van der Waals surface area contributed by atoms with Gasteiger partial charge in [-0.3, -0.25) is 19.4 Å². The smallest absolute Gasteiger partial charge is 0.261 e. The van der Waals surface area contributed by atoms with Crippen LogP contribution in [0.1, 0.15) is 37.9 Å². The third-order valence-corrected chi connectivity index (χ3v) is 5.44. The summed E-state index contributed by atoms with van der Waals surface area (Å²) in [6, 6.07) is 26.9. The Morgan fingerprint density at radius 3 is 1.67 bits per heavy atom. The highest BCUT2D eigenvalue weighted by Gasteiger charge is 2.36. The number of hydrogen-bond donors (Lipinski definition) is 1. The van der Waals surface area contributed by atoms with Crippen molar-refractivity contribution in [3.05, 3.63) is 107 Å². The van der Waals surface area contributed by atoms with Gasteiger partial charge in [-0.05, 0) is 30.3 Å². The van der Waals surface area contributed by atoms with Crippen molar-refractivity contribution in [1.82, 2.24) is 9.80 Å². The molecule has 4 rings (SSSR count). The number of rotatable bonds is 7. The summed E-state index contributed by atoms with van der Waals surface area (Å²) < 4.78 is 0. The first-order chi connectivity index (χ1) is 14.6. The van der Waals surface area contributed by atoms with Crippen molar-refractivity contribution in [3.8, 4) is 0 Å². The van der Waals surface area contributed by atoms with Gasteiger partial charge in [0.1, 0.15) is 0 Å². The average Bonchev–Trinajstić information content (AvgIpc) is 3.00. The number of aliphatic hydroxyl groups excluding tert-OH is 1. The number of likely N-dealkylation sites (N-methyl/N-ethyl adjacent to an activating group) is 1. The predicted octanol–water partition coefficient (Wildman–Crippen LogP) is 3.36. The standard InChI is InChI=1S/C25H24N2O3/c1-26(23(18-10-4-2-5-11-18)19-12-6-3-7-13-19)16-20(28)17-27-24(29)21-14-8-9-15-22(21)25(27)30/h2-15,20,23,28H,16-17H2,1H3. The summed E-state index contributed by atoms with van der Waals surface area (Å²) in [7, 11) is 1.94. The lowest BCUT2D eigenvalue weighted by Gasteiger charge is -2.31. The van der Waals surface area contributed by atoms with Gasteiger partial charge < -0.3 is 5.11 Å². The fraction of sp³-hybridized carbons (Fsp3) is 0.200. The van der Waals surface area contributed by atoms with Gasteiger partial charge in [-0.2, -0.15) is 0 Å². The minimum Gasteiger partial charge on any atom is -0.390 e. The number of β-amino-alcohol motifs (C(OH)–C–C–N with tert-alkyl or cyclic N) is 1. The van der Waals surface area contributed by atoms with Crippen molar-refractivity contribution in [3.63, 3.8) is 0 Å². The Morgan fingerprint density at radius 2 is 1.20 bits per heavy atom. The molecular weight excluding hydrogens is 376 g/mol. The minimum absolute atomic E-state index is 0.0347. The fourth-order valence-corrected chi connectivity index (χ4v) is 4.08. The Morgan fingerprint density at radius 1 is 0.767 bits per heavy atom. The van der Waals surface area contributed by atoms with Gasteiger partial charge >= 0.3 is 0 Å². The van der Waals surface area contributed by atoms with E-state index in [0.717, 1.165) is 16.0 Å². The van der Waals surface area contributed by atoms with Crippen LogP contribution in [0.2, 0.25) is 0 Å². The first-order valence-electron chi connectivity index (χ1n) is 9.99. The van der Waals surface area contributed by atoms with Crippen molar-refractivity contribution < 1.29 is 14.7 Å². The van der Waals surface area contributed by atoms with Crippen molar-refractivity contribution in [2.24, 2.45) is 0 Å². The Bertz CT molecular complexity index is 962. The van der Waals surface area contributed by atoms with E-state index in [2.05, 4.69) is 24.3 Å². The summed E-state index contributed by atoms with van der Waals surface area (Å²) in [5.41, 5.74) is 3.02. The minimum atomic E-state index is -0.868. The van der Waals surface area contributed by atoms with Gasteiger partial charge in [0, 0.05) is 6.54 Å². The molecule has 1 aliphatic rings. The van der Waals surface area contributed by atoms with Crippen LogP contribution in [-0.2, 0) is 0 Å². The molecule has 30 heavy (non-hydrogen) atoms. The summed E-state index contributed by atoms with van der Waals surface area (Å²) in [6.07, 6.45) is -0.868. The zero-order valence-corrected chi connectivity index (χ0v) is 16.8. The number of fused-ring (bicyclic) bond motifs is 1. The van der Waals surface area contributed by atoms with E-state index < -0.39 is 6.10 Å². The van der Waals surface area contributed by atoms with Crippen molar-refractivity contribution in [2.45, 2.75) is 12.1 Å². The number of nitrogens with zero attached hydrogens (tertiary/aromatic N) is 2. The van der Waals surface area contributed by atoms with E-state index in [1.54, 1.807) is 24.3 Å². The van der Waals surface area contributed by atoms with Gasteiger partial charge in [0.05, 0.1) is 29.8 Å². The van der Waals surface area contributed by atoms with Gasteiger partial charge in [0.2, 0.25) is 0 Å². The lowest BCUT2D eigenvalue weighted by atomic mass is 9.97. The van der Waals surface area contributed by atoms with Crippen LogP contribution in [0.25, 0.3) is 0 Å². The second kappa shape index (κ2) is 8.61. The first kappa shape index (κ1) is 20.0. The lowest BCUT2D eigenvalue weighted by molar-refractivity contribution is 0.0473. The van der Waals surface area contributed by atoms with Crippen molar-refractivity contribution >= 4 is 11.8 Å². The van der Waals surface area contributed by atoms with Gasteiger partial charge in [-0.15, -0.1) is 0 Å². The molecule has 1 heterocycles. The number of benzene rings is 3. The fourth-order valence-electron chi connectivity index (χ4n) is 4.08. The number of carbonyl (C=O) groups excluding carboxylic acids is 2. The number of aliphatic hydroxyl groups is 1. The van der Waals surface area contributed by atoms with Gasteiger partial charge in [-0.1, -0.05) is 72.8 Å². The SMILES string of the molecule is CN(CC(O)CN1C(=O)c2ccccc2C1=O)C(c1ccccc1)c1ccccc1. The molecule has 1 atom stereocenters. The summed E-state index contributed by atoms with van der Waals surface area (Å²) in [5, 5.41) is 10.7. The summed E-state index contributed by atoms with van der Waals surface area (Å²) >= 11 is 0. The molecular formula is C25H24N2O3. The van der Waals surface area contributed by atoms with E-state index in [4.69, 9.17) is 0 Å². The van der Waals surface area contributed by atoms with Crippen LogP contribution >= 0.6 is 0 Å². The van der Waals surface area contributed by atoms with Crippen molar-refractivity contribution in [1.29, 1.82) is 0 Å². The molecule has 1 aliphatic heterocycles. The summed E-state index contributed by atoms with van der Waals surface area (Å²) in [5.74, 6) is -0.694. The number of amides is 2. The number of carbonyl (C=O) groups is 2. The predicted molar refractivity (Wildman–Crippen MR) is 115 cm³/mol. The normalized spacial score (nSPS) is 14.5. The molecule has 0 aliphatic carbocycles. The highest BCUT2D eigenvalue weighted by molar-refractivity contribution is 6.21. The van der Waals surface area contributed by atoms with E-state index in [1.807, 2.05) is 48.3 Å². The molecule has 0 saturated carbocycles. The maximum Gasteiger partial charge on any atom is 0.261 e. The Kier molecular flexibility index (Phi) is 5.74. The molecule has 1 unspecified atom stereocenters. The third kappa shape index (κ3) is 3.90. The molecule has 0 fully saturated rings. The van der Waals surface area contributed by atoms with E-state index in [1.165, 1.54) is 0 Å². The zero-order valence-electron chi connectivity index (χ0n) is 16.8. The molecule has 5 nitrogen and oxygen atoms in total. The Hall–Kier alpha value is -3.28. The maximum atomic E-state index is 12.6. The van der Waals surface area contributed by atoms with Gasteiger partial charge in [0.25, 0.3) is 11.8 Å². The molecule has 152 valence electrons. The largest absolute Gasteiger partial charge is 0.390 e. The van der Waals surface area contributed by atoms with Crippen LogP contribution in [-0.4, -0.2) is 53.0 Å². The highest BCUT2D eigenvalue weighted by atomic mass is 16.3. The Balaban J connectivity index is 1.50. The maximum absolute atomic E-state index is 12.6. The van der Waals surface area contributed by atoms with Crippen LogP contribution in [0.5, 0.6) is 0 Å². The molecule has 3 aromatic rings. The monoisotopic (exact) mass is 400 g/mol. The van der Waals surface area contributed by atoms with Crippen LogP contribution in [0.15, 0.2) is 84.9 Å². The average molecular weight is 400 g/mol. The molecule has 2 amide bonds. The Labute approximate surface area is 176 Å². The molecule has 0 bridgehead atoms. The molecule has 0 saturated heterocycles. The van der Waals surface area contributed by atoms with Crippen LogP contribution < -0.4 is 0 Å². The second-order valence-corrected chi connectivity index (χ2v) is 7.58. The van der Waals surface area contributed by atoms with E-state index in [9.17, 15) is 14.7 Å². The second-order valence-electron chi connectivity index (χ2n) is 7.58. The quantitative estimate of drug-likeness (QED) is 0.618. The number of hydrogen-bond acceptors (Lipinski definition) is 4. The molecule has 0 aromatic heterocycles. The molecule has 0 spiro atoms. The molecule has 0 radical (unpaired) electrons. The topological polar surface area (TPSA) is 60.9 Å². The lowest BCUT2D eigenvalue weighted by Crippen LogP contribution is -2.42. The van der Waals surface area contributed by atoms with Crippen LogP contribution in [0.3, 0.4) is 0 Å². The molecule has 3 aromatic carbocycles. The highest BCUT2D eigenvalue weighted by Crippen LogP contribution is 2.28. The van der Waals surface area contributed by atoms with Gasteiger partial charge in [0.15, 0.2) is 0 Å². The molecule has 5 heteroatoms. The first-order valence-corrected chi connectivity index (χ1v) is 9.99. The van der Waals surface area contributed by atoms with Crippen molar-refractivity contribution in [2.75, 3.05) is 20.1 Å².